The summed E-state index contributed by atoms with van der Waals surface area (Å²) >= 11 is 0. The van der Waals surface area contributed by atoms with Crippen molar-refractivity contribution in [3.05, 3.63) is 0 Å². The van der Waals surface area contributed by atoms with Crippen LogP contribution in [0.25, 0.3) is 0 Å². The highest BCUT2D eigenvalue weighted by atomic mass is 19.5. The summed E-state index contributed by atoms with van der Waals surface area (Å²) in [5.41, 5.74) is -4.10. The number of rotatable bonds is 20. The van der Waals surface area contributed by atoms with Gasteiger partial charge in [-0.05, 0) is 86.9 Å². The van der Waals surface area contributed by atoms with Crippen molar-refractivity contribution in [1.82, 2.24) is 0 Å². The molecule has 0 amide bonds. The predicted octanol–water partition coefficient (Wildman–Crippen LogP) is 38.9. The zero-order valence-corrected chi connectivity index (χ0v) is 74.6. The minimum absolute atomic E-state index is 0.104. The Morgan fingerprint density at radius 2 is 0.460 bits per heavy atom. The van der Waals surface area contributed by atoms with Crippen LogP contribution in [0.2, 0.25) is 0 Å². The zero-order valence-electron chi connectivity index (χ0n) is 74.6. The van der Waals surface area contributed by atoms with Gasteiger partial charge in [0, 0.05) is 19.3 Å². The lowest BCUT2D eigenvalue weighted by Crippen LogP contribution is -2.44. The second-order valence-corrected chi connectivity index (χ2v) is 32.4. The van der Waals surface area contributed by atoms with E-state index in [1.54, 1.807) is 6.92 Å². The van der Waals surface area contributed by atoms with Crippen molar-refractivity contribution in [2.45, 2.75) is 451 Å². The van der Waals surface area contributed by atoms with Crippen LogP contribution in [-0.4, -0.2) is 67.9 Å². The molecule has 0 aliphatic heterocycles. The largest absolute Gasteiger partial charge is 0.402 e. The summed E-state index contributed by atoms with van der Waals surface area (Å²) in [6.45, 7) is 59.8. The lowest BCUT2D eigenvalue weighted by Gasteiger charge is -2.29. The monoisotopic (exact) mass is 1740 g/mol. The maximum Gasteiger partial charge on any atom is 0.402 e. The van der Waals surface area contributed by atoms with Gasteiger partial charge in [-0.2, -0.15) is 145 Å². The average Bonchev–Trinajstić information content (AvgIpc) is 0.789. The van der Waals surface area contributed by atoms with E-state index in [2.05, 4.69) is 138 Å². The molecule has 0 aromatic carbocycles. The first kappa shape index (κ1) is 142. The smallest absolute Gasteiger partial charge is 0.171 e. The summed E-state index contributed by atoms with van der Waals surface area (Å²) < 4.78 is 382. The van der Waals surface area contributed by atoms with E-state index >= 15 is 0 Å². The van der Waals surface area contributed by atoms with Gasteiger partial charge in [-0.15, -0.1) is 0 Å². The number of alkyl halides is 33. The third-order valence-electron chi connectivity index (χ3n) is 16.3. The van der Waals surface area contributed by atoms with Crippen LogP contribution in [0.15, 0.2) is 0 Å². The number of hydrogen-bond acceptors (Lipinski definition) is 0. The molecule has 0 N–H and O–H groups in total. The molecule has 0 fully saturated rings. The van der Waals surface area contributed by atoms with Crippen molar-refractivity contribution in [3.8, 4) is 0 Å². The van der Waals surface area contributed by atoms with E-state index in [0.29, 0.717) is 30.1 Å². The van der Waals surface area contributed by atoms with Crippen LogP contribution in [-0.2, 0) is 0 Å². The van der Waals surface area contributed by atoms with Crippen LogP contribution in [0.5, 0.6) is 0 Å². The maximum atomic E-state index is 11.7. The third-order valence-corrected chi connectivity index (χ3v) is 16.3. The molecule has 0 spiro atoms. The summed E-state index contributed by atoms with van der Waals surface area (Å²) in [4.78, 5) is 0. The topological polar surface area (TPSA) is 0 Å². The summed E-state index contributed by atoms with van der Waals surface area (Å²) in [6, 6.07) is 0. The molecule has 0 saturated carbocycles. The van der Waals surface area contributed by atoms with Gasteiger partial charge in [-0.25, -0.2) is 0 Å². The van der Waals surface area contributed by atoms with Gasteiger partial charge < -0.3 is 0 Å². The molecule has 0 aliphatic carbocycles. The summed E-state index contributed by atoms with van der Waals surface area (Å²) in [5, 5.41) is 0. The average molecular weight is 1740 g/mol. The van der Waals surface area contributed by atoms with Crippen LogP contribution in [0.4, 0.5) is 145 Å². The van der Waals surface area contributed by atoms with E-state index in [-0.39, 0.29) is 46.0 Å². The van der Waals surface area contributed by atoms with E-state index in [1.807, 2.05) is 13.8 Å². The summed E-state index contributed by atoms with van der Waals surface area (Å²) in [7, 11) is 0. The fourth-order valence-corrected chi connectivity index (χ4v) is 4.30. The molecule has 0 aromatic heterocycles. The molecule has 706 valence electrons. The molecule has 0 rings (SSSR count). The van der Waals surface area contributed by atoms with Gasteiger partial charge in [-0.3, -0.25) is 0 Å². The van der Waals surface area contributed by atoms with Gasteiger partial charge >= 0.3 is 67.9 Å². The van der Waals surface area contributed by atoms with Crippen LogP contribution >= 0.6 is 0 Å². The Morgan fingerprint density at radius 3 is 0.558 bits per heavy atom. The minimum atomic E-state index is -5.24. The Labute approximate surface area is 662 Å². The van der Waals surface area contributed by atoms with Gasteiger partial charge in [0.1, 0.15) is 0 Å². The van der Waals surface area contributed by atoms with Crippen LogP contribution in [0, 0.1) is 69.0 Å². The normalized spacial score (nSPS) is 13.3. The van der Waals surface area contributed by atoms with Crippen LogP contribution in [0.1, 0.15) is 383 Å². The summed E-state index contributed by atoms with van der Waals surface area (Å²) in [5.74, 6) is -3.82. The van der Waals surface area contributed by atoms with E-state index in [1.165, 1.54) is 79.1 Å². The Bertz CT molecular complexity index is 1850. The number of halogens is 33. The van der Waals surface area contributed by atoms with E-state index in [9.17, 15) is 145 Å². The molecule has 0 aliphatic rings. The highest BCUT2D eigenvalue weighted by Gasteiger charge is 2.64. The molecule has 0 saturated heterocycles. The quantitative estimate of drug-likeness (QED) is 0.0842. The van der Waals surface area contributed by atoms with E-state index in [0.717, 1.165) is 70.6 Å². The first-order valence-corrected chi connectivity index (χ1v) is 39.1. The first-order chi connectivity index (χ1) is 49.4. The molecule has 113 heavy (non-hydrogen) atoms. The molecule has 3 atom stereocenters. The molecule has 0 heterocycles. The molecule has 0 nitrogen and oxygen atoms in total. The van der Waals surface area contributed by atoms with Gasteiger partial charge in [0.25, 0.3) is 0 Å². The van der Waals surface area contributed by atoms with Gasteiger partial charge in [-0.1, -0.05) is 311 Å². The molecule has 0 aromatic rings. The Morgan fingerprint density at radius 1 is 0.230 bits per heavy atom. The van der Waals surface area contributed by atoms with Crippen molar-refractivity contribution in [3.63, 3.8) is 0 Å². The number of hydrogen-bond donors (Lipinski definition) is 0. The predicted molar refractivity (Wildman–Crippen MR) is 402 cm³/mol. The molecule has 0 radical (unpaired) electrons. The molecular weight excluding hydrogens is 1590 g/mol. The Balaban J connectivity index is -0.0000000785. The summed E-state index contributed by atoms with van der Waals surface area (Å²) in [6.07, 6.45) is -38.1. The van der Waals surface area contributed by atoms with E-state index < -0.39 is 135 Å². The highest BCUT2D eigenvalue weighted by Crippen LogP contribution is 2.49. The first-order valence-electron chi connectivity index (χ1n) is 39.1. The second kappa shape index (κ2) is 70.4. The SMILES string of the molecule is CC(C)(C(F)(F)F)C(F)(F)F.CC(C)(C)C(F)(F)F.CC(C)C(C)C.CCC(C)(C)C.CCC(C)(C)C.CCC(C)C.CCC(C)C(F)(F)F.CCC(C)CC.CCCC(C(F)(F)F)C(F)(F)F.CCCCC.CCCCCC(F)(F)F.CCCCCCC(F)(F)F.CCC[C@H](C)C(F)(F)F.C[C@@H](CCC(F)(F)F)C(F)(F)F. The Kier molecular flexibility index (Phi) is 88.7. The molecule has 33 heteroatoms. The maximum absolute atomic E-state index is 11.7. The van der Waals surface area contributed by atoms with Crippen molar-refractivity contribution >= 4 is 0 Å². The third kappa shape index (κ3) is 128. The van der Waals surface area contributed by atoms with Crippen molar-refractivity contribution in [2.75, 3.05) is 0 Å². The lowest BCUT2D eigenvalue weighted by atomic mass is 9.92. The molecule has 0 bridgehead atoms. The highest BCUT2D eigenvalue weighted by molar-refractivity contribution is 4.84. The van der Waals surface area contributed by atoms with Crippen molar-refractivity contribution in [2.24, 2.45) is 69.0 Å². The van der Waals surface area contributed by atoms with Crippen molar-refractivity contribution < 1.29 is 145 Å². The van der Waals surface area contributed by atoms with Gasteiger partial charge in [0.15, 0.2) is 11.3 Å². The Hall–Kier alpha value is -2.31. The standard InChI is InChI=1S/C7H13F3.2C6H8F6.2C6H11F3.4C6H14.C5H6F6.2C5H9F3.2C5H12/c1-2-3-4-5-6-7(8,9)10;1-4(6(10,11)12)2-3-5(7,8)9;1-2-3-4(5(7,8)9)6(10,11)12;1-3-4-5(2)6(7,8)9;1-2-3-4-5-6(7,8)9;2*1-5-6(2,3)4;1-5(2)6(3)4;1-4-6(3)5-2;1-3(2,4(6,7)8)5(9,10)11;1-4(2,3)5(6,7)8;1-3-4(2)5(6,7)8;1-4-5(2)3;1-3-5-4-2/h2-6H2,1H3;2*4H,2-3H2,1H3;5H,3-4H2,1-2H3;2-5H2,1H3;2*5H2,1-4H3;5-6H,1-4H3;6H,4-5H2,1-3H3;1-2H3;1-3H3;4H,3H2,1-2H3;5H,4H2,1-3H3;3-5H2,1-2H3/t;4-;;5-;;;;;;;;;;/m.0.0........../s1. The molecule has 1 unspecified atom stereocenters. The van der Waals surface area contributed by atoms with Crippen LogP contribution in [0.3, 0.4) is 0 Å². The molecular formula is C80H155F33. The number of unbranched alkanes of at least 4 members (excludes halogenated alkanes) is 7. The lowest BCUT2D eigenvalue weighted by molar-refractivity contribution is -0.327. The second-order valence-electron chi connectivity index (χ2n) is 32.4. The minimum Gasteiger partial charge on any atom is -0.171 e. The fourth-order valence-electron chi connectivity index (χ4n) is 4.30. The van der Waals surface area contributed by atoms with Crippen molar-refractivity contribution in [1.29, 1.82) is 0 Å². The van der Waals surface area contributed by atoms with Crippen LogP contribution < -0.4 is 0 Å². The van der Waals surface area contributed by atoms with Gasteiger partial charge in [0.2, 0.25) is 0 Å². The fraction of sp³-hybridized carbons (Fsp3) is 1.00. The zero-order chi connectivity index (χ0) is 95.1. The van der Waals surface area contributed by atoms with E-state index in [4.69, 9.17) is 0 Å². The van der Waals surface area contributed by atoms with Gasteiger partial charge in [0.05, 0.1) is 23.2 Å².